The molecule has 1 fully saturated rings. The van der Waals surface area contributed by atoms with E-state index in [1.807, 2.05) is 20.8 Å². The van der Waals surface area contributed by atoms with Crippen molar-refractivity contribution in [1.29, 1.82) is 0 Å². The summed E-state index contributed by atoms with van der Waals surface area (Å²) in [5.74, 6) is -0.154. The van der Waals surface area contributed by atoms with Crippen LogP contribution in [0, 0.1) is 5.92 Å². The summed E-state index contributed by atoms with van der Waals surface area (Å²) < 4.78 is 26.7. The maximum absolute atomic E-state index is 12.7. The lowest BCUT2D eigenvalue weighted by Crippen LogP contribution is -2.47. The topological polar surface area (TPSA) is 66.5 Å². The highest BCUT2D eigenvalue weighted by Crippen LogP contribution is 2.28. The molecule has 0 spiro atoms. The van der Waals surface area contributed by atoms with Gasteiger partial charge in [-0.15, -0.1) is 0 Å². The summed E-state index contributed by atoms with van der Waals surface area (Å²) in [6.07, 6.45) is 1.04. The second kappa shape index (κ2) is 6.79. The van der Waals surface area contributed by atoms with E-state index < -0.39 is 10.0 Å². The van der Waals surface area contributed by atoms with Crippen molar-refractivity contribution in [2.24, 2.45) is 5.92 Å². The van der Waals surface area contributed by atoms with Gasteiger partial charge in [-0.05, 0) is 45.7 Å². The molecule has 0 aliphatic carbocycles. The van der Waals surface area contributed by atoms with E-state index in [4.69, 9.17) is 11.6 Å². The molecule has 0 radical (unpaired) electrons. The van der Waals surface area contributed by atoms with Crippen molar-refractivity contribution in [3.63, 3.8) is 0 Å². The standard InChI is InChI=1S/C16H23ClN2O3S/c1-16(2,3)18-15(20)12-8-10-19(11-9-12)23(21,22)14-7-5-4-6-13(14)17/h4-7,12H,8-11H2,1-3H3,(H,18,20). The highest BCUT2D eigenvalue weighted by atomic mass is 35.5. The van der Waals surface area contributed by atoms with Crippen LogP contribution in [0.5, 0.6) is 0 Å². The van der Waals surface area contributed by atoms with Gasteiger partial charge in [-0.25, -0.2) is 8.42 Å². The molecule has 0 bridgehead atoms. The molecular formula is C16H23ClN2O3S. The first-order chi connectivity index (χ1) is 10.6. The van der Waals surface area contributed by atoms with Crippen molar-refractivity contribution >= 4 is 27.5 Å². The molecular weight excluding hydrogens is 336 g/mol. The third-order valence-electron chi connectivity index (χ3n) is 3.78. The fourth-order valence-electron chi connectivity index (χ4n) is 2.62. The van der Waals surface area contributed by atoms with Gasteiger partial charge in [0, 0.05) is 24.5 Å². The van der Waals surface area contributed by atoms with Gasteiger partial charge in [0.15, 0.2) is 0 Å². The summed E-state index contributed by atoms with van der Waals surface area (Å²) in [7, 11) is -3.61. The van der Waals surface area contributed by atoms with Gasteiger partial charge in [0.05, 0.1) is 5.02 Å². The number of benzene rings is 1. The number of hydrogen-bond acceptors (Lipinski definition) is 3. The maximum atomic E-state index is 12.7. The Labute approximate surface area is 143 Å². The molecule has 0 unspecified atom stereocenters. The van der Waals surface area contributed by atoms with Gasteiger partial charge in [-0.1, -0.05) is 23.7 Å². The lowest BCUT2D eigenvalue weighted by molar-refractivity contribution is -0.127. The maximum Gasteiger partial charge on any atom is 0.244 e. The summed E-state index contributed by atoms with van der Waals surface area (Å²) in [5, 5.41) is 3.18. The number of nitrogens with one attached hydrogen (secondary N) is 1. The lowest BCUT2D eigenvalue weighted by Gasteiger charge is -2.32. The number of amides is 1. The van der Waals surface area contributed by atoms with Crippen molar-refractivity contribution in [2.45, 2.75) is 44.0 Å². The zero-order valence-electron chi connectivity index (χ0n) is 13.7. The van der Waals surface area contributed by atoms with Crippen molar-refractivity contribution in [3.8, 4) is 0 Å². The largest absolute Gasteiger partial charge is 0.351 e. The lowest BCUT2D eigenvalue weighted by atomic mass is 9.96. The fourth-order valence-corrected chi connectivity index (χ4v) is 4.59. The monoisotopic (exact) mass is 358 g/mol. The molecule has 2 rings (SSSR count). The van der Waals surface area contributed by atoms with Crippen LogP contribution in [0.1, 0.15) is 33.6 Å². The number of carbonyl (C=O) groups excluding carboxylic acids is 1. The zero-order valence-corrected chi connectivity index (χ0v) is 15.2. The van der Waals surface area contributed by atoms with Gasteiger partial charge in [-0.2, -0.15) is 4.31 Å². The number of carbonyl (C=O) groups is 1. The predicted octanol–water partition coefficient (Wildman–Crippen LogP) is 2.66. The summed E-state index contributed by atoms with van der Waals surface area (Å²) in [6.45, 7) is 6.46. The second-order valence-electron chi connectivity index (χ2n) is 6.85. The van der Waals surface area contributed by atoms with E-state index in [0.717, 1.165) is 0 Å². The van der Waals surface area contributed by atoms with Crippen LogP contribution in [-0.4, -0.2) is 37.3 Å². The number of halogens is 1. The van der Waals surface area contributed by atoms with Crippen LogP contribution < -0.4 is 5.32 Å². The number of hydrogen-bond donors (Lipinski definition) is 1. The molecule has 1 aromatic rings. The fraction of sp³-hybridized carbons (Fsp3) is 0.562. The van der Waals surface area contributed by atoms with E-state index in [2.05, 4.69) is 5.32 Å². The van der Waals surface area contributed by atoms with Crippen LogP contribution in [-0.2, 0) is 14.8 Å². The van der Waals surface area contributed by atoms with Crippen LogP contribution in [0.25, 0.3) is 0 Å². The third kappa shape index (κ3) is 4.46. The molecule has 1 amide bonds. The van der Waals surface area contributed by atoms with E-state index in [-0.39, 0.29) is 27.3 Å². The van der Waals surface area contributed by atoms with Crippen molar-refractivity contribution < 1.29 is 13.2 Å². The van der Waals surface area contributed by atoms with E-state index in [1.165, 1.54) is 10.4 Å². The highest BCUT2D eigenvalue weighted by molar-refractivity contribution is 7.89. The smallest absolute Gasteiger partial charge is 0.244 e. The van der Waals surface area contributed by atoms with Crippen LogP contribution >= 0.6 is 11.6 Å². The number of rotatable bonds is 3. The van der Waals surface area contributed by atoms with Crippen molar-refractivity contribution in [2.75, 3.05) is 13.1 Å². The van der Waals surface area contributed by atoms with E-state index in [9.17, 15) is 13.2 Å². The van der Waals surface area contributed by atoms with Gasteiger partial charge in [0.25, 0.3) is 0 Å². The number of nitrogens with zero attached hydrogens (tertiary/aromatic N) is 1. The average Bonchev–Trinajstić information content (AvgIpc) is 2.46. The molecule has 0 saturated carbocycles. The Morgan fingerprint density at radius 2 is 1.78 bits per heavy atom. The molecule has 1 aromatic carbocycles. The Bertz CT molecular complexity index is 675. The number of sulfonamides is 1. The molecule has 23 heavy (non-hydrogen) atoms. The molecule has 0 atom stereocenters. The highest BCUT2D eigenvalue weighted by Gasteiger charge is 2.33. The van der Waals surface area contributed by atoms with Gasteiger partial charge in [0.1, 0.15) is 4.90 Å². The van der Waals surface area contributed by atoms with Gasteiger partial charge in [0.2, 0.25) is 15.9 Å². The van der Waals surface area contributed by atoms with Gasteiger partial charge >= 0.3 is 0 Å². The molecule has 1 aliphatic rings. The Morgan fingerprint density at radius 3 is 2.30 bits per heavy atom. The first kappa shape index (κ1) is 18.2. The van der Waals surface area contributed by atoms with Gasteiger partial charge < -0.3 is 5.32 Å². The Kier molecular flexibility index (Phi) is 5.38. The quantitative estimate of drug-likeness (QED) is 0.903. The molecule has 1 N–H and O–H groups in total. The average molecular weight is 359 g/mol. The molecule has 1 heterocycles. The van der Waals surface area contributed by atoms with Crippen LogP contribution in [0.2, 0.25) is 5.02 Å². The summed E-state index contributed by atoms with van der Waals surface area (Å²) >= 11 is 6.01. The minimum atomic E-state index is -3.61. The molecule has 5 nitrogen and oxygen atoms in total. The van der Waals surface area contributed by atoms with Crippen molar-refractivity contribution in [3.05, 3.63) is 29.3 Å². The SMILES string of the molecule is CC(C)(C)NC(=O)C1CCN(S(=O)(=O)c2ccccc2Cl)CC1. The summed E-state index contributed by atoms with van der Waals surface area (Å²) in [5.41, 5.74) is -0.280. The van der Waals surface area contributed by atoms with Gasteiger partial charge in [-0.3, -0.25) is 4.79 Å². The van der Waals surface area contributed by atoms with Crippen LogP contribution in [0.3, 0.4) is 0 Å². The molecule has 0 aromatic heterocycles. The molecule has 128 valence electrons. The first-order valence-electron chi connectivity index (χ1n) is 7.68. The summed E-state index contributed by atoms with van der Waals surface area (Å²) in [4.78, 5) is 12.3. The molecule has 7 heteroatoms. The minimum absolute atomic E-state index is 0.00714. The first-order valence-corrected chi connectivity index (χ1v) is 9.50. The second-order valence-corrected chi connectivity index (χ2v) is 9.16. The third-order valence-corrected chi connectivity index (χ3v) is 6.18. The Hall–Kier alpha value is -1.11. The van der Waals surface area contributed by atoms with E-state index >= 15 is 0 Å². The Morgan fingerprint density at radius 1 is 1.22 bits per heavy atom. The minimum Gasteiger partial charge on any atom is -0.351 e. The van der Waals surface area contributed by atoms with Crippen molar-refractivity contribution in [1.82, 2.24) is 9.62 Å². The zero-order chi connectivity index (χ0) is 17.3. The molecule has 1 aliphatic heterocycles. The normalized spacial score (nSPS) is 17.9. The summed E-state index contributed by atoms with van der Waals surface area (Å²) in [6, 6.07) is 6.43. The number of piperidine rings is 1. The molecule has 1 saturated heterocycles. The Balaban J connectivity index is 2.04. The van der Waals surface area contributed by atoms with E-state index in [1.54, 1.807) is 18.2 Å². The van der Waals surface area contributed by atoms with Crippen LogP contribution in [0.15, 0.2) is 29.2 Å². The predicted molar refractivity (Wildman–Crippen MR) is 90.8 cm³/mol. The van der Waals surface area contributed by atoms with Crippen LogP contribution in [0.4, 0.5) is 0 Å². The van der Waals surface area contributed by atoms with E-state index in [0.29, 0.717) is 25.9 Å².